The second-order valence-electron chi connectivity index (χ2n) is 7.01. The average molecular weight is 367 g/mol. The number of carbonyl (C=O) groups excluding carboxylic acids is 1. The lowest BCUT2D eigenvalue weighted by molar-refractivity contribution is 0.207. The number of carbonyl (C=O) groups is 1. The molecule has 0 aliphatic carbocycles. The Hall–Kier alpha value is -2.69. The molecule has 5 heteroatoms. The molecule has 0 bridgehead atoms. The highest BCUT2D eigenvalue weighted by Crippen LogP contribution is 2.25. The van der Waals surface area contributed by atoms with Crippen molar-refractivity contribution in [3.8, 4) is 5.75 Å². The highest BCUT2D eigenvalue weighted by Gasteiger charge is 2.17. The molecule has 1 aliphatic rings. The van der Waals surface area contributed by atoms with E-state index in [-0.39, 0.29) is 6.03 Å². The Morgan fingerprint density at radius 1 is 1.11 bits per heavy atom. The van der Waals surface area contributed by atoms with E-state index in [1.807, 2.05) is 37.4 Å². The van der Waals surface area contributed by atoms with Crippen molar-refractivity contribution < 1.29 is 9.53 Å². The third-order valence-electron chi connectivity index (χ3n) is 5.04. The predicted octanol–water partition coefficient (Wildman–Crippen LogP) is 3.68. The maximum atomic E-state index is 12.5. The van der Waals surface area contributed by atoms with E-state index in [0.717, 1.165) is 25.3 Å². The lowest BCUT2D eigenvalue weighted by atomic mass is 10.1. The molecular formula is C22H29N3O2. The number of rotatable bonds is 7. The fourth-order valence-corrected chi connectivity index (χ4v) is 3.48. The van der Waals surface area contributed by atoms with Gasteiger partial charge in [0.05, 0.1) is 7.11 Å². The standard InChI is InChI=1S/C22H29N3O2/c1-24(17-19-7-3-4-8-21(19)25-15-5-6-16-25)22(26)23-14-13-18-9-11-20(27-2)12-10-18/h3-4,7-12H,5-6,13-17H2,1-2H3,(H,23,26). The van der Waals surface area contributed by atoms with Crippen molar-refractivity contribution in [3.05, 3.63) is 59.7 Å². The van der Waals surface area contributed by atoms with Crippen molar-refractivity contribution in [2.75, 3.05) is 38.7 Å². The van der Waals surface area contributed by atoms with Crippen LogP contribution in [-0.4, -0.2) is 44.7 Å². The fraction of sp³-hybridized carbons (Fsp3) is 0.409. The summed E-state index contributed by atoms with van der Waals surface area (Å²) in [6, 6.07) is 16.3. The van der Waals surface area contributed by atoms with Gasteiger partial charge in [0.25, 0.3) is 0 Å². The topological polar surface area (TPSA) is 44.8 Å². The summed E-state index contributed by atoms with van der Waals surface area (Å²) in [5, 5.41) is 3.01. The van der Waals surface area contributed by atoms with Crippen LogP contribution in [0.3, 0.4) is 0 Å². The van der Waals surface area contributed by atoms with Gasteiger partial charge in [0, 0.05) is 38.9 Å². The smallest absolute Gasteiger partial charge is 0.317 e. The lowest BCUT2D eigenvalue weighted by Crippen LogP contribution is -2.38. The lowest BCUT2D eigenvalue weighted by Gasteiger charge is -2.24. The van der Waals surface area contributed by atoms with Gasteiger partial charge in [-0.15, -0.1) is 0 Å². The van der Waals surface area contributed by atoms with Gasteiger partial charge in [-0.2, -0.15) is 0 Å². The van der Waals surface area contributed by atoms with Crippen molar-refractivity contribution in [1.29, 1.82) is 0 Å². The molecule has 2 aromatic carbocycles. The van der Waals surface area contributed by atoms with Crippen molar-refractivity contribution in [1.82, 2.24) is 10.2 Å². The fourth-order valence-electron chi connectivity index (χ4n) is 3.48. The van der Waals surface area contributed by atoms with Gasteiger partial charge < -0.3 is 19.9 Å². The molecule has 1 aliphatic heterocycles. The van der Waals surface area contributed by atoms with E-state index in [9.17, 15) is 4.79 Å². The quantitative estimate of drug-likeness (QED) is 0.812. The average Bonchev–Trinajstić information content (AvgIpc) is 3.23. The van der Waals surface area contributed by atoms with Crippen LogP contribution in [0.4, 0.5) is 10.5 Å². The van der Waals surface area contributed by atoms with E-state index in [0.29, 0.717) is 13.1 Å². The van der Waals surface area contributed by atoms with Gasteiger partial charge in [-0.05, 0) is 48.6 Å². The Bertz CT molecular complexity index is 739. The first-order chi connectivity index (χ1) is 13.2. The summed E-state index contributed by atoms with van der Waals surface area (Å²) in [7, 11) is 3.51. The number of nitrogens with zero attached hydrogens (tertiary/aromatic N) is 2. The Morgan fingerprint density at radius 2 is 1.81 bits per heavy atom. The highest BCUT2D eigenvalue weighted by atomic mass is 16.5. The zero-order chi connectivity index (χ0) is 19.1. The molecule has 2 amide bonds. The van der Waals surface area contributed by atoms with Gasteiger partial charge in [0.15, 0.2) is 0 Å². The van der Waals surface area contributed by atoms with E-state index in [4.69, 9.17) is 4.74 Å². The number of urea groups is 1. The largest absolute Gasteiger partial charge is 0.497 e. The summed E-state index contributed by atoms with van der Waals surface area (Å²) in [4.78, 5) is 16.6. The number of ether oxygens (including phenoxy) is 1. The van der Waals surface area contributed by atoms with Crippen LogP contribution >= 0.6 is 0 Å². The summed E-state index contributed by atoms with van der Waals surface area (Å²) in [6.45, 7) is 3.44. The van der Waals surface area contributed by atoms with E-state index >= 15 is 0 Å². The van der Waals surface area contributed by atoms with Crippen LogP contribution in [0.2, 0.25) is 0 Å². The van der Waals surface area contributed by atoms with E-state index < -0.39 is 0 Å². The van der Waals surface area contributed by atoms with Crippen LogP contribution < -0.4 is 15.0 Å². The van der Waals surface area contributed by atoms with Crippen LogP contribution in [0, 0.1) is 0 Å². The van der Waals surface area contributed by atoms with E-state index in [1.165, 1.54) is 29.7 Å². The first-order valence-electron chi connectivity index (χ1n) is 9.62. The van der Waals surface area contributed by atoms with Gasteiger partial charge in [0.2, 0.25) is 0 Å². The molecule has 0 unspecified atom stereocenters. The highest BCUT2D eigenvalue weighted by molar-refractivity contribution is 5.74. The predicted molar refractivity (Wildman–Crippen MR) is 109 cm³/mol. The Labute approximate surface area is 161 Å². The molecule has 1 heterocycles. The molecule has 2 aromatic rings. The van der Waals surface area contributed by atoms with Crippen molar-refractivity contribution in [3.63, 3.8) is 0 Å². The molecule has 0 saturated carbocycles. The minimum Gasteiger partial charge on any atom is -0.497 e. The minimum atomic E-state index is -0.0419. The zero-order valence-electron chi connectivity index (χ0n) is 16.3. The van der Waals surface area contributed by atoms with Gasteiger partial charge in [-0.1, -0.05) is 30.3 Å². The molecule has 0 aromatic heterocycles. The van der Waals surface area contributed by atoms with E-state index in [1.54, 1.807) is 12.0 Å². The van der Waals surface area contributed by atoms with Crippen LogP contribution in [0.15, 0.2) is 48.5 Å². The van der Waals surface area contributed by atoms with Crippen LogP contribution in [-0.2, 0) is 13.0 Å². The maximum Gasteiger partial charge on any atom is 0.317 e. The van der Waals surface area contributed by atoms with Crippen molar-refractivity contribution in [2.24, 2.45) is 0 Å². The zero-order valence-corrected chi connectivity index (χ0v) is 16.3. The van der Waals surface area contributed by atoms with Gasteiger partial charge in [-0.3, -0.25) is 0 Å². The molecule has 0 spiro atoms. The Kier molecular flexibility index (Phi) is 6.58. The maximum absolute atomic E-state index is 12.5. The minimum absolute atomic E-state index is 0.0419. The summed E-state index contributed by atoms with van der Waals surface area (Å²) in [5.41, 5.74) is 3.64. The number of hydrogen-bond acceptors (Lipinski definition) is 3. The number of anilines is 1. The monoisotopic (exact) mass is 367 g/mol. The normalized spacial score (nSPS) is 13.5. The summed E-state index contributed by atoms with van der Waals surface area (Å²) in [5.74, 6) is 0.846. The summed E-state index contributed by atoms with van der Waals surface area (Å²) in [6.07, 6.45) is 3.29. The molecule has 0 radical (unpaired) electrons. The molecule has 3 rings (SSSR count). The third kappa shape index (κ3) is 5.16. The number of benzene rings is 2. The van der Waals surface area contributed by atoms with Crippen LogP contribution in [0.1, 0.15) is 24.0 Å². The molecule has 1 fully saturated rings. The SMILES string of the molecule is COc1ccc(CCNC(=O)N(C)Cc2ccccc2N2CCCC2)cc1. The summed E-state index contributed by atoms with van der Waals surface area (Å²) < 4.78 is 5.17. The van der Waals surface area contributed by atoms with Gasteiger partial charge in [-0.25, -0.2) is 4.79 Å². The number of nitrogens with one attached hydrogen (secondary N) is 1. The molecule has 144 valence electrons. The molecular weight excluding hydrogens is 338 g/mol. The first-order valence-corrected chi connectivity index (χ1v) is 9.62. The second-order valence-corrected chi connectivity index (χ2v) is 7.01. The van der Waals surface area contributed by atoms with Crippen molar-refractivity contribution >= 4 is 11.7 Å². The summed E-state index contributed by atoms with van der Waals surface area (Å²) >= 11 is 0. The Morgan fingerprint density at radius 3 is 2.52 bits per heavy atom. The van der Waals surface area contributed by atoms with Crippen LogP contribution in [0.25, 0.3) is 0 Å². The molecule has 27 heavy (non-hydrogen) atoms. The number of hydrogen-bond donors (Lipinski definition) is 1. The van der Waals surface area contributed by atoms with Crippen LogP contribution in [0.5, 0.6) is 5.75 Å². The number of amides is 2. The Balaban J connectivity index is 1.50. The first kappa shape index (κ1) is 19.1. The van der Waals surface area contributed by atoms with Gasteiger partial charge >= 0.3 is 6.03 Å². The van der Waals surface area contributed by atoms with Gasteiger partial charge in [0.1, 0.15) is 5.75 Å². The molecule has 5 nitrogen and oxygen atoms in total. The molecule has 1 N–H and O–H groups in total. The molecule has 1 saturated heterocycles. The number of methoxy groups -OCH3 is 1. The number of para-hydroxylation sites is 1. The van der Waals surface area contributed by atoms with E-state index in [2.05, 4.69) is 28.4 Å². The molecule has 0 atom stereocenters. The van der Waals surface area contributed by atoms with Crippen molar-refractivity contribution in [2.45, 2.75) is 25.8 Å². The third-order valence-corrected chi connectivity index (χ3v) is 5.04. The second kappa shape index (κ2) is 9.31.